The van der Waals surface area contributed by atoms with E-state index in [9.17, 15) is 0 Å². The van der Waals surface area contributed by atoms with Gasteiger partial charge in [-0.1, -0.05) is 0 Å². The van der Waals surface area contributed by atoms with Gasteiger partial charge in [0.1, 0.15) is 0 Å². The molecule has 3 heterocycles. The number of ether oxygens (including phenoxy) is 2. The van der Waals surface area contributed by atoms with E-state index in [0.717, 1.165) is 37.9 Å². The molecule has 3 aliphatic rings. The first-order valence-corrected chi connectivity index (χ1v) is 9.71. The van der Waals surface area contributed by atoms with Gasteiger partial charge in [-0.2, -0.15) is 23.5 Å². The number of hydrogen-bond donors (Lipinski definition) is 1. The molecule has 0 amide bonds. The second-order valence-electron chi connectivity index (χ2n) is 5.81. The zero-order chi connectivity index (χ0) is 13.0. The van der Waals surface area contributed by atoms with Crippen molar-refractivity contribution in [2.75, 3.05) is 43.6 Å². The van der Waals surface area contributed by atoms with Gasteiger partial charge in [0.25, 0.3) is 0 Å². The molecule has 1 N–H and O–H groups in total. The highest BCUT2D eigenvalue weighted by Gasteiger charge is 2.38. The van der Waals surface area contributed by atoms with Gasteiger partial charge in [-0.15, -0.1) is 0 Å². The first kappa shape index (κ1) is 14.5. The molecule has 0 aromatic carbocycles. The second-order valence-corrected chi connectivity index (χ2v) is 8.37. The predicted octanol–water partition coefficient (Wildman–Crippen LogP) is 2.15. The van der Waals surface area contributed by atoms with E-state index < -0.39 is 0 Å². The number of hydrogen-bond acceptors (Lipinski definition) is 5. The first-order valence-electron chi connectivity index (χ1n) is 7.51. The maximum absolute atomic E-state index is 6.10. The molecule has 3 saturated heterocycles. The van der Waals surface area contributed by atoms with Crippen LogP contribution in [0.2, 0.25) is 0 Å². The van der Waals surface area contributed by atoms with Crippen molar-refractivity contribution < 1.29 is 9.47 Å². The van der Waals surface area contributed by atoms with Crippen molar-refractivity contribution in [2.24, 2.45) is 0 Å². The highest BCUT2D eigenvalue weighted by molar-refractivity contribution is 8.06. The zero-order valence-corrected chi connectivity index (χ0v) is 13.2. The van der Waals surface area contributed by atoms with E-state index in [1.807, 2.05) is 0 Å². The Morgan fingerprint density at radius 1 is 1.16 bits per heavy atom. The standard InChI is InChI=1S/C14H25NO2S2/c1-4-17-14(2-5-16-6-3-14)9-12(1)15-10-13-11-18-7-8-19-13/h12-13,15H,1-11H2. The van der Waals surface area contributed by atoms with Crippen LogP contribution in [0.4, 0.5) is 0 Å². The topological polar surface area (TPSA) is 30.5 Å². The van der Waals surface area contributed by atoms with E-state index in [4.69, 9.17) is 9.47 Å². The van der Waals surface area contributed by atoms with E-state index in [1.54, 1.807) is 0 Å². The normalized spacial score (nSPS) is 35.4. The van der Waals surface area contributed by atoms with Crippen molar-refractivity contribution in [2.45, 2.75) is 42.6 Å². The van der Waals surface area contributed by atoms with Crippen LogP contribution in [-0.2, 0) is 9.47 Å². The van der Waals surface area contributed by atoms with Crippen molar-refractivity contribution in [1.29, 1.82) is 0 Å². The van der Waals surface area contributed by atoms with Gasteiger partial charge >= 0.3 is 0 Å². The van der Waals surface area contributed by atoms with Gasteiger partial charge in [0.05, 0.1) is 5.60 Å². The number of thioether (sulfide) groups is 2. The van der Waals surface area contributed by atoms with Crippen LogP contribution in [-0.4, -0.2) is 60.5 Å². The minimum atomic E-state index is 0.128. The van der Waals surface area contributed by atoms with Gasteiger partial charge in [0.2, 0.25) is 0 Å². The van der Waals surface area contributed by atoms with E-state index in [2.05, 4.69) is 28.8 Å². The second kappa shape index (κ2) is 7.03. The van der Waals surface area contributed by atoms with Gasteiger partial charge in [0.15, 0.2) is 0 Å². The monoisotopic (exact) mass is 303 g/mol. The molecule has 1 spiro atoms. The molecule has 2 unspecified atom stereocenters. The summed E-state index contributed by atoms with van der Waals surface area (Å²) < 4.78 is 11.6. The highest BCUT2D eigenvalue weighted by atomic mass is 32.2. The molecule has 3 rings (SSSR count). The highest BCUT2D eigenvalue weighted by Crippen LogP contribution is 2.34. The van der Waals surface area contributed by atoms with Crippen molar-refractivity contribution in [1.82, 2.24) is 5.32 Å². The Balaban J connectivity index is 1.45. The molecule has 0 aliphatic carbocycles. The Morgan fingerprint density at radius 2 is 2.05 bits per heavy atom. The maximum Gasteiger partial charge on any atom is 0.0741 e. The predicted molar refractivity (Wildman–Crippen MR) is 83.3 cm³/mol. The van der Waals surface area contributed by atoms with Crippen LogP contribution >= 0.6 is 23.5 Å². The van der Waals surface area contributed by atoms with Crippen LogP contribution in [0.25, 0.3) is 0 Å². The van der Waals surface area contributed by atoms with Gasteiger partial charge in [-0.05, 0) is 25.7 Å². The van der Waals surface area contributed by atoms with Gasteiger partial charge in [-0.25, -0.2) is 0 Å². The minimum Gasteiger partial charge on any atom is -0.381 e. The van der Waals surface area contributed by atoms with Crippen LogP contribution in [0.5, 0.6) is 0 Å². The summed E-state index contributed by atoms with van der Waals surface area (Å²) in [6.07, 6.45) is 4.52. The summed E-state index contributed by atoms with van der Waals surface area (Å²) in [4.78, 5) is 0. The SMILES string of the molecule is C1CC2(CCO1)CC(NCC1CSCCS1)CCO2. The van der Waals surface area contributed by atoms with E-state index in [0.29, 0.717) is 6.04 Å². The molecule has 19 heavy (non-hydrogen) atoms. The lowest BCUT2D eigenvalue weighted by Crippen LogP contribution is -2.50. The largest absolute Gasteiger partial charge is 0.381 e. The third-order valence-corrected chi connectivity index (χ3v) is 7.26. The maximum atomic E-state index is 6.10. The van der Waals surface area contributed by atoms with Crippen LogP contribution in [0.1, 0.15) is 25.7 Å². The molecule has 0 radical (unpaired) electrons. The Labute approximate surface area is 124 Å². The molecule has 0 aromatic heterocycles. The Hall–Kier alpha value is 0.580. The van der Waals surface area contributed by atoms with Crippen molar-refractivity contribution in [3.63, 3.8) is 0 Å². The summed E-state index contributed by atoms with van der Waals surface area (Å²) >= 11 is 4.25. The first-order chi connectivity index (χ1) is 9.36. The van der Waals surface area contributed by atoms with E-state index in [1.165, 1.54) is 36.6 Å². The lowest BCUT2D eigenvalue weighted by Gasteiger charge is -2.43. The van der Waals surface area contributed by atoms with Gasteiger partial charge < -0.3 is 14.8 Å². The average molecular weight is 303 g/mol. The molecule has 0 aromatic rings. The van der Waals surface area contributed by atoms with E-state index >= 15 is 0 Å². The van der Waals surface area contributed by atoms with Crippen LogP contribution in [0.15, 0.2) is 0 Å². The summed E-state index contributed by atoms with van der Waals surface area (Å²) in [6.45, 7) is 3.85. The molecular weight excluding hydrogens is 278 g/mol. The van der Waals surface area contributed by atoms with Gasteiger partial charge in [0, 0.05) is 54.9 Å². The fourth-order valence-electron chi connectivity index (χ4n) is 3.25. The lowest BCUT2D eigenvalue weighted by atomic mass is 9.84. The summed E-state index contributed by atoms with van der Waals surface area (Å²) in [6, 6.07) is 0.652. The summed E-state index contributed by atoms with van der Waals surface area (Å²) in [5, 5.41) is 4.62. The Bertz CT molecular complexity index is 273. The van der Waals surface area contributed by atoms with Crippen molar-refractivity contribution in [3.05, 3.63) is 0 Å². The minimum absolute atomic E-state index is 0.128. The fraction of sp³-hybridized carbons (Fsp3) is 1.00. The molecule has 3 aliphatic heterocycles. The average Bonchev–Trinajstić information content (AvgIpc) is 2.47. The molecule has 5 heteroatoms. The number of nitrogens with one attached hydrogen (secondary N) is 1. The lowest BCUT2D eigenvalue weighted by molar-refractivity contribution is -0.140. The summed E-state index contributed by atoms with van der Waals surface area (Å²) in [7, 11) is 0. The Morgan fingerprint density at radius 3 is 2.84 bits per heavy atom. The molecular formula is C14H25NO2S2. The van der Waals surface area contributed by atoms with Crippen LogP contribution in [0.3, 0.4) is 0 Å². The van der Waals surface area contributed by atoms with Crippen LogP contribution < -0.4 is 5.32 Å². The fourth-order valence-corrected chi connectivity index (χ4v) is 5.87. The smallest absolute Gasteiger partial charge is 0.0741 e. The zero-order valence-electron chi connectivity index (χ0n) is 11.6. The molecule has 3 fully saturated rings. The molecule has 3 nitrogen and oxygen atoms in total. The van der Waals surface area contributed by atoms with Crippen molar-refractivity contribution in [3.8, 4) is 0 Å². The quantitative estimate of drug-likeness (QED) is 0.863. The number of rotatable bonds is 3. The third kappa shape index (κ3) is 4.03. The molecule has 0 saturated carbocycles. The summed E-state index contributed by atoms with van der Waals surface area (Å²) in [5.41, 5.74) is 0.128. The molecule has 2 atom stereocenters. The molecule has 0 bridgehead atoms. The van der Waals surface area contributed by atoms with Crippen molar-refractivity contribution >= 4 is 23.5 Å². The summed E-state index contributed by atoms with van der Waals surface area (Å²) in [5.74, 6) is 3.98. The van der Waals surface area contributed by atoms with Crippen LogP contribution in [0, 0.1) is 0 Å². The third-order valence-electron chi connectivity index (χ3n) is 4.42. The molecule has 110 valence electrons. The van der Waals surface area contributed by atoms with Gasteiger partial charge in [-0.3, -0.25) is 0 Å². The Kier molecular flexibility index (Phi) is 5.37. The van der Waals surface area contributed by atoms with E-state index in [-0.39, 0.29) is 5.60 Å².